The zero-order chi connectivity index (χ0) is 23.9. The summed E-state index contributed by atoms with van der Waals surface area (Å²) in [6.07, 6.45) is 7.91. The summed E-state index contributed by atoms with van der Waals surface area (Å²) in [6.45, 7) is 2.93. The van der Waals surface area contributed by atoms with E-state index in [1.165, 1.54) is 11.9 Å². The van der Waals surface area contributed by atoms with Crippen LogP contribution in [0.3, 0.4) is 0 Å². The average Bonchev–Trinajstić information content (AvgIpc) is 3.15. The zero-order valence-corrected chi connectivity index (χ0v) is 19.9. The van der Waals surface area contributed by atoms with Gasteiger partial charge in [-0.25, -0.2) is 9.97 Å². The highest BCUT2D eigenvalue weighted by Gasteiger charge is 2.29. The maximum Gasteiger partial charge on any atom is 0.259 e. The molecule has 2 bridgehead atoms. The van der Waals surface area contributed by atoms with E-state index in [0.29, 0.717) is 42.3 Å². The number of nitrogens with zero attached hydrogens (tertiary/aromatic N) is 4. The predicted molar refractivity (Wildman–Crippen MR) is 134 cm³/mol. The number of hydrogen-bond donors (Lipinski definition) is 3. The molecule has 2 amide bonds. The van der Waals surface area contributed by atoms with Crippen LogP contribution < -0.4 is 16.0 Å². The van der Waals surface area contributed by atoms with Crippen molar-refractivity contribution >= 4 is 34.7 Å². The van der Waals surface area contributed by atoms with Crippen molar-refractivity contribution in [3.8, 4) is 0 Å². The molecule has 0 saturated heterocycles. The molecule has 2 aliphatic heterocycles. The van der Waals surface area contributed by atoms with Gasteiger partial charge in [0.1, 0.15) is 18.0 Å². The van der Waals surface area contributed by atoms with Crippen molar-refractivity contribution in [3.63, 3.8) is 0 Å². The van der Waals surface area contributed by atoms with Gasteiger partial charge in [-0.15, -0.1) is 0 Å². The molecule has 0 aliphatic carbocycles. The van der Waals surface area contributed by atoms with Crippen molar-refractivity contribution in [1.29, 1.82) is 0 Å². The molecule has 9 nitrogen and oxygen atoms in total. The molecule has 3 heterocycles. The lowest BCUT2D eigenvalue weighted by atomic mass is 10.1. The normalized spacial score (nSPS) is 20.2. The summed E-state index contributed by atoms with van der Waals surface area (Å²) in [5, 5.41) is 9.35. The third kappa shape index (κ3) is 5.91. The molecule has 2 aromatic rings. The van der Waals surface area contributed by atoms with E-state index in [4.69, 9.17) is 0 Å². The number of benzene rings is 1. The van der Waals surface area contributed by atoms with Crippen LogP contribution in [0.2, 0.25) is 0 Å². The molecule has 0 fully saturated rings. The molecule has 0 unspecified atom stereocenters. The Morgan fingerprint density at radius 2 is 1.79 bits per heavy atom. The Hall–Kier alpha value is -3.46. The highest BCUT2D eigenvalue weighted by Crippen LogP contribution is 2.34. The van der Waals surface area contributed by atoms with Gasteiger partial charge < -0.3 is 25.8 Å². The van der Waals surface area contributed by atoms with Gasteiger partial charge in [0.15, 0.2) is 0 Å². The number of rotatable bonds is 0. The summed E-state index contributed by atoms with van der Waals surface area (Å²) in [4.78, 5) is 37.8. The third-order valence-corrected chi connectivity index (χ3v) is 6.20. The van der Waals surface area contributed by atoms with E-state index in [9.17, 15) is 9.59 Å². The number of likely N-dealkylation sites (N-methyl/N-ethyl adjacent to an activating group) is 1. The first-order valence-corrected chi connectivity index (χ1v) is 11.9. The van der Waals surface area contributed by atoms with Crippen LogP contribution in [0, 0.1) is 0 Å². The fraction of sp³-hybridized carbons (Fsp3) is 0.440. The summed E-state index contributed by atoms with van der Waals surface area (Å²) in [7, 11) is 3.96. The molecule has 1 aromatic carbocycles. The van der Waals surface area contributed by atoms with E-state index < -0.39 is 0 Å². The molecule has 0 saturated carbocycles. The molecule has 1 aromatic heterocycles. The Morgan fingerprint density at radius 3 is 2.68 bits per heavy atom. The topological polar surface area (TPSA) is 102 Å². The van der Waals surface area contributed by atoms with Gasteiger partial charge in [0.2, 0.25) is 5.91 Å². The summed E-state index contributed by atoms with van der Waals surface area (Å²) in [6, 6.07) is 8.22. The Balaban J connectivity index is 1.58. The average molecular weight is 464 g/mol. The molecule has 9 heteroatoms. The molecule has 3 N–H and O–H groups in total. The van der Waals surface area contributed by atoms with Gasteiger partial charge in [0, 0.05) is 45.0 Å². The summed E-state index contributed by atoms with van der Waals surface area (Å²) in [5.41, 5.74) is 3.22. The quantitative estimate of drug-likeness (QED) is 0.552. The Kier molecular flexibility index (Phi) is 7.74. The number of nitrogens with one attached hydrogen (secondary N) is 3. The number of hydrogen-bond acceptors (Lipinski definition) is 7. The molecule has 2 aliphatic rings. The van der Waals surface area contributed by atoms with E-state index in [1.807, 2.05) is 19.2 Å². The molecule has 0 atom stereocenters. The first-order valence-electron chi connectivity index (χ1n) is 11.9. The van der Waals surface area contributed by atoms with Crippen LogP contribution >= 0.6 is 0 Å². The Morgan fingerprint density at radius 1 is 0.971 bits per heavy atom. The van der Waals surface area contributed by atoms with Gasteiger partial charge in [-0.3, -0.25) is 9.59 Å². The van der Waals surface area contributed by atoms with Gasteiger partial charge in [0.25, 0.3) is 5.91 Å². The SMILES string of the molecule is CN1CCCCCCC(=O)N(C)CCNc2ncnc3c2/C(=C/Nc2cccc(c2)C1)C(=O)N3. The molecule has 180 valence electrons. The van der Waals surface area contributed by atoms with Gasteiger partial charge in [-0.2, -0.15) is 0 Å². The largest absolute Gasteiger partial charge is 0.368 e. The molecule has 34 heavy (non-hydrogen) atoms. The van der Waals surface area contributed by atoms with Gasteiger partial charge in [0.05, 0.1) is 11.1 Å². The number of carbonyl (C=O) groups excluding carboxylic acids is 2. The van der Waals surface area contributed by atoms with Crippen molar-refractivity contribution in [3.05, 3.63) is 47.9 Å². The Bertz CT molecular complexity index is 1070. The minimum absolute atomic E-state index is 0.152. The minimum Gasteiger partial charge on any atom is -0.368 e. The lowest BCUT2D eigenvalue weighted by Gasteiger charge is -2.18. The van der Waals surface area contributed by atoms with Crippen LogP contribution in [0.1, 0.15) is 43.2 Å². The number of fused-ring (bicyclic) bond motifs is 2. The van der Waals surface area contributed by atoms with Crippen molar-refractivity contribution in [2.45, 2.75) is 38.6 Å². The zero-order valence-electron chi connectivity index (χ0n) is 19.9. The fourth-order valence-electron chi connectivity index (χ4n) is 4.27. The third-order valence-electron chi connectivity index (χ3n) is 6.20. The fourth-order valence-corrected chi connectivity index (χ4v) is 4.27. The van der Waals surface area contributed by atoms with Crippen LogP contribution in [-0.4, -0.2) is 65.3 Å². The van der Waals surface area contributed by atoms with E-state index >= 15 is 0 Å². The highest BCUT2D eigenvalue weighted by atomic mass is 16.2. The standard InChI is InChI=1S/C25H33N7O2/c1-31-12-6-4-3-5-10-21(33)32(2)13-11-26-23-22-20(25(34)30-24(22)29-17-28-23)15-27-19-9-7-8-18(14-19)16-31/h7-9,14-15,17,27H,3-6,10-13,16H2,1-2H3,(H2,26,28,29,30,34)/b20-15-. The highest BCUT2D eigenvalue weighted by molar-refractivity contribution is 6.32. The molecular weight excluding hydrogens is 430 g/mol. The van der Waals surface area contributed by atoms with Crippen LogP contribution in [0.15, 0.2) is 36.8 Å². The summed E-state index contributed by atoms with van der Waals surface area (Å²) >= 11 is 0. The first kappa shape index (κ1) is 23.7. The van der Waals surface area contributed by atoms with E-state index in [-0.39, 0.29) is 11.8 Å². The van der Waals surface area contributed by atoms with Gasteiger partial charge >= 0.3 is 0 Å². The van der Waals surface area contributed by atoms with Crippen molar-refractivity contribution < 1.29 is 9.59 Å². The van der Waals surface area contributed by atoms with Crippen LogP contribution in [0.5, 0.6) is 0 Å². The van der Waals surface area contributed by atoms with Crippen molar-refractivity contribution in [2.75, 3.05) is 49.7 Å². The maximum atomic E-state index is 12.7. The van der Waals surface area contributed by atoms with Crippen molar-refractivity contribution in [2.24, 2.45) is 0 Å². The maximum absolute atomic E-state index is 12.7. The van der Waals surface area contributed by atoms with Crippen LogP contribution in [0.25, 0.3) is 5.57 Å². The van der Waals surface area contributed by atoms with Crippen LogP contribution in [-0.2, 0) is 16.1 Å². The first-order chi connectivity index (χ1) is 16.5. The van der Waals surface area contributed by atoms with E-state index in [0.717, 1.165) is 44.5 Å². The van der Waals surface area contributed by atoms with Crippen LogP contribution in [0.4, 0.5) is 17.3 Å². The predicted octanol–water partition coefficient (Wildman–Crippen LogP) is 3.15. The molecule has 0 radical (unpaired) electrons. The lowest BCUT2D eigenvalue weighted by Crippen LogP contribution is -2.31. The van der Waals surface area contributed by atoms with Gasteiger partial charge in [-0.05, 0) is 44.1 Å². The monoisotopic (exact) mass is 463 g/mol. The number of anilines is 3. The van der Waals surface area contributed by atoms with Crippen molar-refractivity contribution in [1.82, 2.24) is 19.8 Å². The number of amides is 2. The van der Waals surface area contributed by atoms with Gasteiger partial charge in [-0.1, -0.05) is 25.0 Å². The minimum atomic E-state index is -0.229. The smallest absolute Gasteiger partial charge is 0.259 e. The summed E-state index contributed by atoms with van der Waals surface area (Å²) in [5.74, 6) is 0.971. The summed E-state index contributed by atoms with van der Waals surface area (Å²) < 4.78 is 0. The second kappa shape index (κ2) is 11.1. The molecule has 4 rings (SSSR count). The second-order valence-electron chi connectivity index (χ2n) is 8.95. The number of carbonyl (C=O) groups is 2. The molecular formula is C25H33N7O2. The second-order valence-corrected chi connectivity index (χ2v) is 8.95. The lowest BCUT2D eigenvalue weighted by molar-refractivity contribution is -0.129. The Labute approximate surface area is 200 Å². The number of aromatic nitrogens is 2. The van der Waals surface area contributed by atoms with E-state index in [1.54, 1.807) is 11.1 Å². The molecule has 0 spiro atoms. The van der Waals surface area contributed by atoms with E-state index in [2.05, 4.69) is 50.0 Å².